The highest BCUT2D eigenvalue weighted by atomic mass is 35.5. The second-order valence-electron chi connectivity index (χ2n) is 5.13. The van der Waals surface area contributed by atoms with E-state index in [1.165, 1.54) is 17.2 Å². The van der Waals surface area contributed by atoms with Crippen LogP contribution in [0.3, 0.4) is 0 Å². The molecule has 1 aliphatic carbocycles. The zero-order chi connectivity index (χ0) is 15.0. The van der Waals surface area contributed by atoms with Crippen LogP contribution in [0.15, 0.2) is 42.5 Å². The number of hydrogen-bond acceptors (Lipinski definition) is 1. The molecule has 0 heterocycles. The average Bonchev–Trinajstić information content (AvgIpc) is 2.83. The molecule has 0 bridgehead atoms. The van der Waals surface area contributed by atoms with E-state index >= 15 is 0 Å². The Hall–Kier alpha value is -1.68. The van der Waals surface area contributed by atoms with Crippen molar-refractivity contribution < 1.29 is 13.2 Å². The molecule has 1 aliphatic rings. The molecular formula is C16H13ClF3N. The summed E-state index contributed by atoms with van der Waals surface area (Å²) in [5.41, 5.74) is 2.27. The third-order valence-corrected chi connectivity index (χ3v) is 4.07. The first-order valence-corrected chi connectivity index (χ1v) is 7.04. The fourth-order valence-corrected chi connectivity index (χ4v) is 2.94. The van der Waals surface area contributed by atoms with E-state index in [1.54, 1.807) is 0 Å². The number of aryl methyl sites for hydroxylation is 1. The van der Waals surface area contributed by atoms with Crippen molar-refractivity contribution in [1.82, 2.24) is 0 Å². The molecule has 2 aromatic rings. The van der Waals surface area contributed by atoms with Crippen molar-refractivity contribution in [3.8, 4) is 0 Å². The number of benzene rings is 2. The van der Waals surface area contributed by atoms with Crippen LogP contribution in [0.25, 0.3) is 0 Å². The summed E-state index contributed by atoms with van der Waals surface area (Å²) in [5, 5.41) is 3.34. The van der Waals surface area contributed by atoms with E-state index in [-0.39, 0.29) is 11.1 Å². The fourth-order valence-electron chi connectivity index (χ4n) is 2.70. The minimum atomic E-state index is -4.37. The summed E-state index contributed by atoms with van der Waals surface area (Å²) in [7, 11) is 0. The van der Waals surface area contributed by atoms with E-state index in [4.69, 9.17) is 11.6 Å². The maximum atomic E-state index is 12.6. The van der Waals surface area contributed by atoms with Crippen molar-refractivity contribution >= 4 is 17.3 Å². The zero-order valence-electron chi connectivity index (χ0n) is 11.0. The van der Waals surface area contributed by atoms with E-state index in [1.807, 2.05) is 18.2 Å². The maximum Gasteiger partial charge on any atom is 0.416 e. The van der Waals surface area contributed by atoms with Crippen LogP contribution >= 0.6 is 11.6 Å². The molecule has 1 atom stereocenters. The van der Waals surface area contributed by atoms with Crippen molar-refractivity contribution in [2.24, 2.45) is 0 Å². The van der Waals surface area contributed by atoms with Crippen LogP contribution in [0.2, 0.25) is 5.02 Å². The Labute approximate surface area is 125 Å². The normalized spacial score (nSPS) is 17.6. The number of fused-ring (bicyclic) bond motifs is 1. The van der Waals surface area contributed by atoms with Crippen molar-refractivity contribution in [1.29, 1.82) is 0 Å². The van der Waals surface area contributed by atoms with Crippen molar-refractivity contribution in [3.63, 3.8) is 0 Å². The molecule has 110 valence electrons. The van der Waals surface area contributed by atoms with Gasteiger partial charge in [-0.1, -0.05) is 35.9 Å². The first kappa shape index (κ1) is 14.3. The summed E-state index contributed by atoms with van der Waals surface area (Å²) in [5.74, 6) is 0. The fraction of sp³-hybridized carbons (Fsp3) is 0.250. The van der Waals surface area contributed by atoms with Gasteiger partial charge >= 0.3 is 6.18 Å². The smallest absolute Gasteiger partial charge is 0.377 e. The minimum Gasteiger partial charge on any atom is -0.377 e. The quantitative estimate of drug-likeness (QED) is 0.776. The first-order chi connectivity index (χ1) is 9.95. The van der Waals surface area contributed by atoms with Gasteiger partial charge in [-0.15, -0.1) is 0 Å². The largest absolute Gasteiger partial charge is 0.416 e. The molecule has 21 heavy (non-hydrogen) atoms. The van der Waals surface area contributed by atoms with Gasteiger partial charge < -0.3 is 5.32 Å². The van der Waals surface area contributed by atoms with Gasteiger partial charge in [0.05, 0.1) is 22.3 Å². The monoisotopic (exact) mass is 311 g/mol. The van der Waals surface area contributed by atoms with Gasteiger partial charge in [-0.2, -0.15) is 13.2 Å². The summed E-state index contributed by atoms with van der Waals surface area (Å²) in [6, 6.07) is 11.6. The lowest BCUT2D eigenvalue weighted by molar-refractivity contribution is -0.137. The number of nitrogens with one attached hydrogen (secondary N) is 1. The lowest BCUT2D eigenvalue weighted by Gasteiger charge is -2.17. The number of rotatable bonds is 2. The SMILES string of the molecule is FC(F)(F)c1ccc(NC2CCc3ccccc32)c(Cl)c1. The van der Waals surface area contributed by atoms with Crippen LogP contribution in [0.5, 0.6) is 0 Å². The first-order valence-electron chi connectivity index (χ1n) is 6.66. The molecule has 1 nitrogen and oxygen atoms in total. The Morgan fingerprint density at radius 2 is 1.86 bits per heavy atom. The summed E-state index contributed by atoms with van der Waals surface area (Å²) in [6.07, 6.45) is -2.50. The van der Waals surface area contributed by atoms with Gasteiger partial charge in [0, 0.05) is 0 Å². The second-order valence-corrected chi connectivity index (χ2v) is 5.53. The van der Waals surface area contributed by atoms with Gasteiger partial charge in [0.25, 0.3) is 0 Å². The summed E-state index contributed by atoms with van der Waals surface area (Å²) in [4.78, 5) is 0. The van der Waals surface area contributed by atoms with Gasteiger partial charge in [-0.3, -0.25) is 0 Å². The standard InChI is InChI=1S/C16H13ClF3N/c17-13-9-11(16(18,19)20)6-8-15(13)21-14-7-5-10-3-1-2-4-12(10)14/h1-4,6,8-9,14,21H,5,7H2. The minimum absolute atomic E-state index is 0.0919. The molecule has 0 amide bonds. The van der Waals surface area contributed by atoms with Crippen LogP contribution in [0.1, 0.15) is 29.2 Å². The highest BCUT2D eigenvalue weighted by molar-refractivity contribution is 6.33. The molecular weight excluding hydrogens is 299 g/mol. The van der Waals surface area contributed by atoms with E-state index in [9.17, 15) is 13.2 Å². The van der Waals surface area contributed by atoms with E-state index in [0.717, 1.165) is 25.0 Å². The Morgan fingerprint density at radius 3 is 2.57 bits per heavy atom. The molecule has 0 radical (unpaired) electrons. The molecule has 2 aromatic carbocycles. The molecule has 0 spiro atoms. The predicted octanol–water partition coefficient (Wildman–Crippen LogP) is 5.46. The van der Waals surface area contributed by atoms with E-state index < -0.39 is 11.7 Å². The Balaban J connectivity index is 1.84. The van der Waals surface area contributed by atoms with E-state index in [2.05, 4.69) is 11.4 Å². The predicted molar refractivity (Wildman–Crippen MR) is 77.6 cm³/mol. The van der Waals surface area contributed by atoms with Crippen LogP contribution in [-0.2, 0) is 12.6 Å². The molecule has 0 saturated carbocycles. The van der Waals surface area contributed by atoms with Crippen molar-refractivity contribution in [2.45, 2.75) is 25.1 Å². The van der Waals surface area contributed by atoms with Gasteiger partial charge in [-0.05, 0) is 42.2 Å². The van der Waals surface area contributed by atoms with E-state index in [0.29, 0.717) is 5.69 Å². The second kappa shape index (κ2) is 5.26. The van der Waals surface area contributed by atoms with Gasteiger partial charge in [-0.25, -0.2) is 0 Å². The number of hydrogen-bond donors (Lipinski definition) is 1. The van der Waals surface area contributed by atoms with Crippen LogP contribution in [0, 0.1) is 0 Å². The van der Waals surface area contributed by atoms with Gasteiger partial charge in [0.15, 0.2) is 0 Å². The highest BCUT2D eigenvalue weighted by Crippen LogP contribution is 2.38. The third-order valence-electron chi connectivity index (χ3n) is 3.76. The molecule has 1 N–H and O–H groups in total. The maximum absolute atomic E-state index is 12.6. The third kappa shape index (κ3) is 2.86. The molecule has 0 saturated heterocycles. The van der Waals surface area contributed by atoms with Crippen LogP contribution < -0.4 is 5.32 Å². The number of alkyl halides is 3. The lowest BCUT2D eigenvalue weighted by Crippen LogP contribution is -2.09. The highest BCUT2D eigenvalue weighted by Gasteiger charge is 2.31. The van der Waals surface area contributed by atoms with Crippen molar-refractivity contribution in [3.05, 3.63) is 64.2 Å². The van der Waals surface area contributed by atoms with Crippen LogP contribution in [0.4, 0.5) is 18.9 Å². The summed E-state index contributed by atoms with van der Waals surface area (Å²) >= 11 is 5.98. The van der Waals surface area contributed by atoms with Crippen molar-refractivity contribution in [2.75, 3.05) is 5.32 Å². The zero-order valence-corrected chi connectivity index (χ0v) is 11.8. The number of halogens is 4. The Morgan fingerprint density at radius 1 is 1.10 bits per heavy atom. The van der Waals surface area contributed by atoms with Gasteiger partial charge in [0.1, 0.15) is 0 Å². The average molecular weight is 312 g/mol. The summed E-state index contributed by atoms with van der Waals surface area (Å²) < 4.78 is 37.9. The molecule has 0 aliphatic heterocycles. The Kier molecular flexibility index (Phi) is 3.57. The Bertz CT molecular complexity index is 667. The van der Waals surface area contributed by atoms with Gasteiger partial charge in [0.2, 0.25) is 0 Å². The molecule has 0 aromatic heterocycles. The topological polar surface area (TPSA) is 12.0 Å². The lowest BCUT2D eigenvalue weighted by atomic mass is 10.1. The molecule has 5 heteroatoms. The van der Waals surface area contributed by atoms with Crippen LogP contribution in [-0.4, -0.2) is 0 Å². The summed E-state index contributed by atoms with van der Waals surface area (Å²) in [6.45, 7) is 0. The number of anilines is 1. The molecule has 0 fully saturated rings. The molecule has 1 unspecified atom stereocenters. The molecule has 3 rings (SSSR count).